The molecule has 0 aliphatic heterocycles. The van der Waals surface area contributed by atoms with E-state index in [0.29, 0.717) is 0 Å². The summed E-state index contributed by atoms with van der Waals surface area (Å²) in [4.78, 5) is 1.12. The molecule has 3 rings (SSSR count). The molecule has 2 heterocycles. The molecule has 21 heavy (non-hydrogen) atoms. The van der Waals surface area contributed by atoms with Crippen LogP contribution < -0.4 is 10.5 Å². The number of nitrogens with two attached hydrogens (primary N) is 1. The zero-order valence-corrected chi connectivity index (χ0v) is 13.2. The quantitative estimate of drug-likeness (QED) is 0.798. The van der Waals surface area contributed by atoms with Gasteiger partial charge < -0.3 is 10.5 Å². The summed E-state index contributed by atoms with van der Waals surface area (Å²) in [6.45, 7) is 4.18. The summed E-state index contributed by atoms with van der Waals surface area (Å²) in [6, 6.07) is 10.5. The summed E-state index contributed by atoms with van der Waals surface area (Å²) in [6.07, 6.45) is 1.74. The molecule has 0 amide bonds. The molecular weight excluding hydrogens is 282 g/mol. The first-order valence-electron chi connectivity index (χ1n) is 6.97. The number of aromatic nitrogens is 2. The van der Waals surface area contributed by atoms with E-state index >= 15 is 0 Å². The molecule has 0 saturated carbocycles. The van der Waals surface area contributed by atoms with Crippen LogP contribution in [0.4, 0.5) is 0 Å². The van der Waals surface area contributed by atoms with E-state index in [1.54, 1.807) is 24.6 Å². The van der Waals surface area contributed by atoms with Gasteiger partial charge in [0, 0.05) is 15.6 Å². The highest BCUT2D eigenvalue weighted by atomic mass is 32.1. The van der Waals surface area contributed by atoms with Gasteiger partial charge in [0.05, 0.1) is 19.3 Å². The zero-order valence-electron chi connectivity index (χ0n) is 12.4. The Morgan fingerprint density at radius 2 is 2.05 bits per heavy atom. The minimum atomic E-state index is -0.234. The van der Waals surface area contributed by atoms with Crippen molar-refractivity contribution in [3.05, 3.63) is 47.1 Å². The smallest absolute Gasteiger partial charge is 0.161 e. The van der Waals surface area contributed by atoms with E-state index in [2.05, 4.69) is 37.1 Å². The van der Waals surface area contributed by atoms with Crippen LogP contribution in [0.15, 0.2) is 36.5 Å². The van der Waals surface area contributed by atoms with Crippen molar-refractivity contribution < 1.29 is 4.74 Å². The molecule has 0 aliphatic rings. The molecule has 0 spiro atoms. The van der Waals surface area contributed by atoms with Crippen molar-refractivity contribution in [3.8, 4) is 5.75 Å². The number of ether oxygens (including phenoxy) is 1. The Kier molecular flexibility index (Phi) is 3.69. The van der Waals surface area contributed by atoms with Crippen LogP contribution in [0.2, 0.25) is 0 Å². The van der Waals surface area contributed by atoms with Crippen molar-refractivity contribution >= 4 is 21.4 Å². The van der Waals surface area contributed by atoms with Gasteiger partial charge >= 0.3 is 0 Å². The maximum Gasteiger partial charge on any atom is 0.161 e. The molecule has 0 saturated heterocycles. The molecule has 3 aromatic rings. The number of fused-ring (bicyclic) bond motifs is 1. The fourth-order valence-corrected chi connectivity index (χ4v) is 3.58. The van der Waals surface area contributed by atoms with E-state index in [0.717, 1.165) is 16.3 Å². The highest BCUT2D eigenvalue weighted by Crippen LogP contribution is 2.35. The highest BCUT2D eigenvalue weighted by Gasteiger charge is 2.23. The number of rotatable bonds is 4. The van der Waals surface area contributed by atoms with Gasteiger partial charge in [-0.25, -0.2) is 0 Å². The molecule has 4 nitrogen and oxygen atoms in total. The van der Waals surface area contributed by atoms with Crippen LogP contribution in [0.25, 0.3) is 10.1 Å². The molecule has 1 atom stereocenters. The molecule has 2 aromatic heterocycles. The molecule has 2 N–H and O–H groups in total. The molecule has 110 valence electrons. The van der Waals surface area contributed by atoms with Crippen LogP contribution in [0.3, 0.4) is 0 Å². The Hall–Kier alpha value is -1.85. The van der Waals surface area contributed by atoms with E-state index in [-0.39, 0.29) is 12.1 Å². The fourth-order valence-electron chi connectivity index (χ4n) is 2.51. The molecule has 0 aliphatic carbocycles. The lowest BCUT2D eigenvalue weighted by atomic mass is 10.1. The fraction of sp³-hybridized carbons (Fsp3) is 0.312. The second kappa shape index (κ2) is 5.50. The molecule has 0 fully saturated rings. The largest absolute Gasteiger partial charge is 0.493 e. The maximum absolute atomic E-state index is 6.51. The Labute approximate surface area is 128 Å². The van der Waals surface area contributed by atoms with Gasteiger partial charge in [-0.05, 0) is 31.4 Å². The standard InChI is InChI=1S/C16H19N3OS/c1-10(2)19-16(12(20-3)9-18-19)15(17)14-8-11-6-4-5-7-13(11)21-14/h4-10,15H,17H2,1-3H3. The van der Waals surface area contributed by atoms with E-state index in [1.807, 2.05) is 16.8 Å². The lowest BCUT2D eigenvalue weighted by molar-refractivity contribution is 0.401. The molecule has 1 unspecified atom stereocenters. The van der Waals surface area contributed by atoms with Crippen molar-refractivity contribution in [2.24, 2.45) is 5.73 Å². The molecule has 0 radical (unpaired) electrons. The Bertz CT molecular complexity index is 727. The van der Waals surface area contributed by atoms with Crippen molar-refractivity contribution in [1.82, 2.24) is 9.78 Å². The molecule has 0 bridgehead atoms. The van der Waals surface area contributed by atoms with Gasteiger partial charge in [-0.3, -0.25) is 4.68 Å². The minimum Gasteiger partial charge on any atom is -0.493 e. The lowest BCUT2D eigenvalue weighted by Crippen LogP contribution is -2.18. The van der Waals surface area contributed by atoms with Crippen LogP contribution in [0.1, 0.15) is 36.5 Å². The normalized spacial score (nSPS) is 13.0. The number of nitrogens with zero attached hydrogens (tertiary/aromatic N) is 2. The summed E-state index contributed by atoms with van der Waals surface area (Å²) in [5.74, 6) is 0.744. The monoisotopic (exact) mass is 301 g/mol. The van der Waals surface area contributed by atoms with Crippen molar-refractivity contribution in [2.75, 3.05) is 7.11 Å². The first-order valence-corrected chi connectivity index (χ1v) is 7.79. The third-order valence-electron chi connectivity index (χ3n) is 3.55. The number of thiophene rings is 1. The van der Waals surface area contributed by atoms with Gasteiger partial charge in [-0.1, -0.05) is 18.2 Å². The van der Waals surface area contributed by atoms with Gasteiger partial charge in [0.15, 0.2) is 5.75 Å². The zero-order chi connectivity index (χ0) is 15.0. The molecular formula is C16H19N3OS. The number of hydrogen-bond donors (Lipinski definition) is 1. The minimum absolute atomic E-state index is 0.234. The Balaban J connectivity index is 2.08. The molecule has 1 aromatic carbocycles. The van der Waals surface area contributed by atoms with Gasteiger partial charge in [-0.2, -0.15) is 5.10 Å². The average molecular weight is 301 g/mol. The van der Waals surface area contributed by atoms with Crippen LogP contribution in [0.5, 0.6) is 5.75 Å². The highest BCUT2D eigenvalue weighted by molar-refractivity contribution is 7.19. The van der Waals surface area contributed by atoms with Crippen LogP contribution in [0, 0.1) is 0 Å². The Morgan fingerprint density at radius 1 is 1.29 bits per heavy atom. The summed E-state index contributed by atoms with van der Waals surface area (Å²) in [7, 11) is 1.66. The average Bonchev–Trinajstić information content (AvgIpc) is 3.09. The molecule has 5 heteroatoms. The van der Waals surface area contributed by atoms with E-state index < -0.39 is 0 Å². The van der Waals surface area contributed by atoms with Gasteiger partial charge in [0.25, 0.3) is 0 Å². The Morgan fingerprint density at radius 3 is 2.71 bits per heavy atom. The second-order valence-electron chi connectivity index (χ2n) is 5.30. The van der Waals surface area contributed by atoms with Gasteiger partial charge in [-0.15, -0.1) is 11.3 Å². The summed E-state index contributed by atoms with van der Waals surface area (Å²) in [5, 5.41) is 5.63. The van der Waals surface area contributed by atoms with Crippen molar-refractivity contribution in [1.29, 1.82) is 0 Å². The maximum atomic E-state index is 6.51. The van der Waals surface area contributed by atoms with Gasteiger partial charge in [0.2, 0.25) is 0 Å². The van der Waals surface area contributed by atoms with Crippen LogP contribution in [-0.2, 0) is 0 Å². The van der Waals surface area contributed by atoms with E-state index in [1.165, 1.54) is 10.1 Å². The lowest BCUT2D eigenvalue weighted by Gasteiger charge is -2.17. The number of benzene rings is 1. The number of hydrogen-bond acceptors (Lipinski definition) is 4. The third-order valence-corrected chi connectivity index (χ3v) is 4.75. The SMILES string of the molecule is COc1cnn(C(C)C)c1C(N)c1cc2ccccc2s1. The van der Waals surface area contributed by atoms with E-state index in [4.69, 9.17) is 10.5 Å². The topological polar surface area (TPSA) is 53.1 Å². The predicted octanol–water partition coefficient (Wildman–Crippen LogP) is 3.74. The summed E-state index contributed by atoms with van der Waals surface area (Å²) >= 11 is 1.72. The number of methoxy groups -OCH3 is 1. The van der Waals surface area contributed by atoms with E-state index in [9.17, 15) is 0 Å². The first-order chi connectivity index (χ1) is 10.1. The van der Waals surface area contributed by atoms with Crippen LogP contribution >= 0.6 is 11.3 Å². The summed E-state index contributed by atoms with van der Waals surface area (Å²) in [5.41, 5.74) is 7.44. The predicted molar refractivity (Wildman–Crippen MR) is 87.0 cm³/mol. The third kappa shape index (κ3) is 2.43. The van der Waals surface area contributed by atoms with Gasteiger partial charge in [0.1, 0.15) is 5.69 Å². The first kappa shape index (κ1) is 14.1. The van der Waals surface area contributed by atoms with Crippen LogP contribution in [-0.4, -0.2) is 16.9 Å². The second-order valence-corrected chi connectivity index (χ2v) is 6.42. The van der Waals surface area contributed by atoms with Crippen molar-refractivity contribution in [3.63, 3.8) is 0 Å². The van der Waals surface area contributed by atoms with Crippen molar-refractivity contribution in [2.45, 2.75) is 25.9 Å². The summed E-state index contributed by atoms with van der Waals surface area (Å²) < 4.78 is 8.62.